The normalized spacial score (nSPS) is 22.1. The first-order chi connectivity index (χ1) is 13.7. The summed E-state index contributed by atoms with van der Waals surface area (Å²) < 4.78 is 1.64. The number of piperidine rings is 1. The number of rotatable bonds is 6. The minimum absolute atomic E-state index is 0.187. The minimum Gasteiger partial charge on any atom is -0.339 e. The lowest BCUT2D eigenvalue weighted by atomic mass is 9.78. The molecule has 0 bridgehead atoms. The van der Waals surface area contributed by atoms with Crippen LogP contribution in [-0.4, -0.2) is 43.9 Å². The fraction of sp³-hybridized carbons (Fsp3) is 0.571. The molecule has 1 aliphatic carbocycles. The lowest BCUT2D eigenvalue weighted by Gasteiger charge is -2.44. The third kappa shape index (κ3) is 4.35. The van der Waals surface area contributed by atoms with Crippen molar-refractivity contribution in [2.45, 2.75) is 62.7 Å². The number of nitrogens with zero attached hydrogens (tertiary/aromatic N) is 3. The molecule has 2 heterocycles. The number of fused-ring (bicyclic) bond motifs is 1. The van der Waals surface area contributed by atoms with Crippen LogP contribution in [0.25, 0.3) is 0 Å². The number of H-pyrrole nitrogens is 1. The molecule has 150 valence electrons. The van der Waals surface area contributed by atoms with Crippen LogP contribution in [0.3, 0.4) is 0 Å². The van der Waals surface area contributed by atoms with Crippen LogP contribution >= 0.6 is 11.8 Å². The van der Waals surface area contributed by atoms with Gasteiger partial charge in [0.05, 0.1) is 5.75 Å². The van der Waals surface area contributed by atoms with Gasteiger partial charge in [0.1, 0.15) is 0 Å². The number of likely N-dealkylation sites (tertiary alicyclic amines) is 1. The van der Waals surface area contributed by atoms with E-state index in [-0.39, 0.29) is 11.6 Å². The minimum atomic E-state index is -0.212. The third-order valence-corrected chi connectivity index (χ3v) is 7.04. The first-order valence-corrected chi connectivity index (χ1v) is 11.3. The summed E-state index contributed by atoms with van der Waals surface area (Å²) in [5.41, 5.74) is 0.968. The van der Waals surface area contributed by atoms with Crippen molar-refractivity contribution in [2.75, 3.05) is 12.3 Å². The number of benzene rings is 1. The van der Waals surface area contributed by atoms with E-state index in [2.05, 4.69) is 27.2 Å². The Morgan fingerprint density at radius 3 is 2.79 bits per heavy atom. The van der Waals surface area contributed by atoms with Crippen LogP contribution in [0.4, 0.5) is 0 Å². The van der Waals surface area contributed by atoms with Gasteiger partial charge < -0.3 is 4.90 Å². The summed E-state index contributed by atoms with van der Waals surface area (Å²) in [4.78, 5) is 27.1. The summed E-state index contributed by atoms with van der Waals surface area (Å²) in [6, 6.07) is 10.5. The molecule has 4 rings (SSSR count). The standard InChI is InChI=1S/C21H28N4O2S/c26-19(24-13-6-10-17-9-4-5-11-18(17)24)15-28-21-23-22-20(27)25(21)14-12-16-7-2-1-3-8-16/h1-3,7-8,17-18H,4-6,9-15H2,(H,22,27)/t17-,18-/m1/s1. The number of aryl methyl sites for hydroxylation is 1. The number of aromatic nitrogens is 3. The van der Waals surface area contributed by atoms with E-state index in [1.54, 1.807) is 4.57 Å². The molecule has 1 saturated heterocycles. The fourth-order valence-corrected chi connectivity index (χ4v) is 5.50. The van der Waals surface area contributed by atoms with Gasteiger partial charge >= 0.3 is 5.69 Å². The van der Waals surface area contributed by atoms with Crippen molar-refractivity contribution in [1.29, 1.82) is 0 Å². The molecular formula is C21H28N4O2S. The molecule has 2 fully saturated rings. The maximum atomic E-state index is 12.9. The van der Waals surface area contributed by atoms with E-state index in [9.17, 15) is 9.59 Å². The molecule has 1 aromatic heterocycles. The zero-order valence-corrected chi connectivity index (χ0v) is 17.0. The van der Waals surface area contributed by atoms with Gasteiger partial charge in [0.25, 0.3) is 0 Å². The molecule has 1 N–H and O–H groups in total. The maximum absolute atomic E-state index is 12.9. The van der Waals surface area contributed by atoms with Gasteiger partial charge in [0.15, 0.2) is 5.16 Å². The van der Waals surface area contributed by atoms with Crippen LogP contribution in [0.15, 0.2) is 40.3 Å². The van der Waals surface area contributed by atoms with Crippen LogP contribution in [-0.2, 0) is 17.8 Å². The number of carbonyl (C=O) groups is 1. The van der Waals surface area contributed by atoms with Crippen LogP contribution in [0.5, 0.6) is 0 Å². The number of carbonyl (C=O) groups excluding carboxylic acids is 1. The van der Waals surface area contributed by atoms with Gasteiger partial charge in [-0.25, -0.2) is 9.89 Å². The Balaban J connectivity index is 1.37. The van der Waals surface area contributed by atoms with Crippen molar-refractivity contribution in [3.05, 3.63) is 46.4 Å². The molecule has 6 nitrogen and oxygen atoms in total. The van der Waals surface area contributed by atoms with Crippen molar-refractivity contribution in [3.8, 4) is 0 Å². The van der Waals surface area contributed by atoms with Crippen molar-refractivity contribution in [3.63, 3.8) is 0 Å². The number of hydrogen-bond donors (Lipinski definition) is 1. The second-order valence-electron chi connectivity index (χ2n) is 7.83. The molecule has 0 unspecified atom stereocenters. The molecule has 2 atom stereocenters. The first kappa shape index (κ1) is 19.3. The highest BCUT2D eigenvalue weighted by Crippen LogP contribution is 2.35. The molecule has 0 spiro atoms. The van der Waals surface area contributed by atoms with E-state index < -0.39 is 0 Å². The molecule has 2 aliphatic rings. The first-order valence-electron chi connectivity index (χ1n) is 10.3. The van der Waals surface area contributed by atoms with Crippen LogP contribution in [0, 0.1) is 5.92 Å². The molecule has 1 aromatic carbocycles. The maximum Gasteiger partial charge on any atom is 0.343 e. The fourth-order valence-electron chi connectivity index (χ4n) is 4.64. The highest BCUT2D eigenvalue weighted by atomic mass is 32.2. The number of amides is 1. The second-order valence-corrected chi connectivity index (χ2v) is 8.77. The lowest BCUT2D eigenvalue weighted by Crippen LogP contribution is -2.50. The van der Waals surface area contributed by atoms with Gasteiger partial charge in [-0.05, 0) is 43.6 Å². The Labute approximate surface area is 169 Å². The summed E-state index contributed by atoms with van der Waals surface area (Å²) in [6.07, 6.45) is 8.08. The average Bonchev–Trinajstić information content (AvgIpc) is 3.10. The molecule has 2 aromatic rings. The summed E-state index contributed by atoms with van der Waals surface area (Å²) >= 11 is 1.37. The molecule has 0 radical (unpaired) electrons. The van der Waals surface area contributed by atoms with E-state index in [0.29, 0.717) is 29.4 Å². The predicted molar refractivity (Wildman–Crippen MR) is 110 cm³/mol. The molecule has 7 heteroatoms. The predicted octanol–water partition coefficient (Wildman–Crippen LogP) is 3.09. The number of aromatic amines is 1. The highest BCUT2D eigenvalue weighted by molar-refractivity contribution is 7.99. The monoisotopic (exact) mass is 400 g/mol. The van der Waals surface area contributed by atoms with Gasteiger partial charge in [-0.1, -0.05) is 54.9 Å². The van der Waals surface area contributed by atoms with E-state index in [1.165, 1.54) is 43.0 Å². The molecule has 28 heavy (non-hydrogen) atoms. The summed E-state index contributed by atoms with van der Waals surface area (Å²) in [5, 5.41) is 7.28. The van der Waals surface area contributed by atoms with Crippen molar-refractivity contribution >= 4 is 17.7 Å². The average molecular weight is 401 g/mol. The SMILES string of the molecule is O=C(CSc1n[nH]c(=O)n1CCc1ccccc1)N1CCC[C@H]2CCCC[C@H]21. The lowest BCUT2D eigenvalue weighted by molar-refractivity contribution is -0.134. The van der Waals surface area contributed by atoms with E-state index in [1.807, 2.05) is 18.2 Å². The zero-order chi connectivity index (χ0) is 19.3. The Kier molecular flexibility index (Phi) is 6.20. The summed E-state index contributed by atoms with van der Waals surface area (Å²) in [7, 11) is 0. The summed E-state index contributed by atoms with van der Waals surface area (Å²) in [6.45, 7) is 1.44. The van der Waals surface area contributed by atoms with E-state index >= 15 is 0 Å². The Morgan fingerprint density at radius 1 is 1.14 bits per heavy atom. The Morgan fingerprint density at radius 2 is 1.93 bits per heavy atom. The Hall–Kier alpha value is -2.02. The van der Waals surface area contributed by atoms with Gasteiger partial charge in [-0.15, -0.1) is 5.10 Å². The van der Waals surface area contributed by atoms with Crippen molar-refractivity contribution < 1.29 is 4.79 Å². The topological polar surface area (TPSA) is 71.0 Å². The Bertz CT molecular complexity index is 846. The van der Waals surface area contributed by atoms with Crippen LogP contribution < -0.4 is 5.69 Å². The second kappa shape index (κ2) is 8.99. The number of thioether (sulfide) groups is 1. The van der Waals surface area contributed by atoms with Gasteiger partial charge in [-0.2, -0.15) is 0 Å². The van der Waals surface area contributed by atoms with Crippen molar-refractivity contribution in [2.24, 2.45) is 5.92 Å². The van der Waals surface area contributed by atoms with E-state index in [4.69, 9.17) is 0 Å². The number of hydrogen-bond acceptors (Lipinski definition) is 4. The van der Waals surface area contributed by atoms with E-state index in [0.717, 1.165) is 25.8 Å². The smallest absolute Gasteiger partial charge is 0.339 e. The zero-order valence-electron chi connectivity index (χ0n) is 16.2. The molecule has 1 amide bonds. The molecule has 1 aliphatic heterocycles. The van der Waals surface area contributed by atoms with Gasteiger partial charge in [0.2, 0.25) is 5.91 Å². The van der Waals surface area contributed by atoms with Gasteiger partial charge in [-0.3, -0.25) is 9.36 Å². The highest BCUT2D eigenvalue weighted by Gasteiger charge is 2.35. The van der Waals surface area contributed by atoms with Crippen molar-refractivity contribution in [1.82, 2.24) is 19.7 Å². The van der Waals surface area contributed by atoms with Gasteiger partial charge in [0, 0.05) is 19.1 Å². The molecular weight excluding hydrogens is 372 g/mol. The summed E-state index contributed by atoms with van der Waals surface area (Å²) in [5.74, 6) is 1.22. The quantitative estimate of drug-likeness (QED) is 0.757. The van der Waals surface area contributed by atoms with Crippen LogP contribution in [0.2, 0.25) is 0 Å². The number of nitrogens with one attached hydrogen (secondary N) is 1. The molecule has 1 saturated carbocycles. The largest absolute Gasteiger partial charge is 0.343 e. The van der Waals surface area contributed by atoms with Crippen LogP contribution in [0.1, 0.15) is 44.1 Å². The third-order valence-electron chi connectivity index (χ3n) is 6.08.